The van der Waals surface area contributed by atoms with E-state index in [0.29, 0.717) is 29.2 Å². The van der Waals surface area contributed by atoms with Crippen molar-refractivity contribution in [3.63, 3.8) is 0 Å². The Morgan fingerprint density at radius 3 is 2.47 bits per heavy atom. The minimum Gasteiger partial charge on any atom is -0.494 e. The van der Waals surface area contributed by atoms with E-state index in [-0.39, 0.29) is 30.5 Å². The number of pyridine rings is 1. The van der Waals surface area contributed by atoms with Crippen LogP contribution in [0.2, 0.25) is 30.7 Å². The van der Waals surface area contributed by atoms with Gasteiger partial charge in [0.25, 0.3) is 5.56 Å². The maximum absolute atomic E-state index is 13.6. The molecule has 0 fully saturated rings. The molecular formula is C28H33ClF3N5O4SSi. The van der Waals surface area contributed by atoms with Gasteiger partial charge in [0.05, 0.1) is 17.3 Å². The first-order valence-electron chi connectivity index (χ1n) is 13.7. The lowest BCUT2D eigenvalue weighted by Gasteiger charge is -2.14. The fourth-order valence-electron chi connectivity index (χ4n) is 4.10. The Hall–Kier alpha value is -3.20. The smallest absolute Gasteiger partial charge is 0.389 e. The number of rotatable bonds is 13. The van der Waals surface area contributed by atoms with Crippen molar-refractivity contribution in [2.24, 2.45) is 0 Å². The number of halogens is 4. The molecule has 3 aromatic heterocycles. The molecule has 3 heterocycles. The SMILES string of the molecule is CCc1ccc(-c2cc(-c3ccc(OCCCC(F)(F)F)cc3Cl)[nH]c(=O)c2-n2nnn(COCC[Si](C)(C)C)c2=O)s1. The number of hydrogen-bond acceptors (Lipinski definition) is 7. The predicted molar refractivity (Wildman–Crippen MR) is 164 cm³/mol. The largest absolute Gasteiger partial charge is 0.494 e. The van der Waals surface area contributed by atoms with Crippen molar-refractivity contribution in [1.82, 2.24) is 24.8 Å². The van der Waals surface area contributed by atoms with Crippen LogP contribution in [0.5, 0.6) is 5.75 Å². The summed E-state index contributed by atoms with van der Waals surface area (Å²) in [6.07, 6.45) is -4.59. The Morgan fingerprint density at radius 1 is 1.05 bits per heavy atom. The zero-order valence-corrected chi connectivity index (χ0v) is 26.8. The molecule has 1 N–H and O–H groups in total. The number of H-pyrrole nitrogens is 1. The van der Waals surface area contributed by atoms with Gasteiger partial charge in [-0.05, 0) is 65.7 Å². The highest BCUT2D eigenvalue weighted by atomic mass is 35.5. The van der Waals surface area contributed by atoms with Crippen molar-refractivity contribution in [3.05, 3.63) is 67.1 Å². The zero-order valence-electron chi connectivity index (χ0n) is 24.3. The van der Waals surface area contributed by atoms with Gasteiger partial charge in [-0.25, -0.2) is 4.79 Å². The molecule has 0 aliphatic rings. The molecular weight excluding hydrogens is 623 g/mol. The summed E-state index contributed by atoms with van der Waals surface area (Å²) in [5.74, 6) is 0.302. The second-order valence-electron chi connectivity index (χ2n) is 11.1. The molecule has 0 bridgehead atoms. The topological polar surface area (TPSA) is 104 Å². The molecule has 0 aliphatic heterocycles. The molecule has 0 spiro atoms. The Morgan fingerprint density at radius 2 is 1.81 bits per heavy atom. The van der Waals surface area contributed by atoms with Gasteiger partial charge in [-0.1, -0.05) is 38.2 Å². The monoisotopic (exact) mass is 655 g/mol. The molecule has 43 heavy (non-hydrogen) atoms. The van der Waals surface area contributed by atoms with Crippen molar-refractivity contribution < 1.29 is 22.6 Å². The van der Waals surface area contributed by atoms with Crippen LogP contribution in [0.1, 0.15) is 24.6 Å². The summed E-state index contributed by atoms with van der Waals surface area (Å²) in [6, 6.07) is 11.1. The van der Waals surface area contributed by atoms with Gasteiger partial charge in [0.1, 0.15) is 18.2 Å². The highest BCUT2D eigenvalue weighted by Gasteiger charge is 2.26. The summed E-state index contributed by atoms with van der Waals surface area (Å²) in [6.45, 7) is 8.97. The van der Waals surface area contributed by atoms with Crippen LogP contribution in [0.4, 0.5) is 13.2 Å². The minimum atomic E-state index is -4.25. The van der Waals surface area contributed by atoms with E-state index in [1.54, 1.807) is 18.2 Å². The molecule has 4 aromatic rings. The number of nitrogens with one attached hydrogen (secondary N) is 1. The molecule has 0 radical (unpaired) electrons. The van der Waals surface area contributed by atoms with Crippen molar-refractivity contribution in [1.29, 1.82) is 0 Å². The number of aryl methyl sites for hydroxylation is 1. The van der Waals surface area contributed by atoms with Crippen molar-refractivity contribution in [2.45, 2.75) is 64.8 Å². The molecule has 4 rings (SSSR count). The quantitative estimate of drug-likeness (QED) is 0.126. The molecule has 0 saturated carbocycles. The van der Waals surface area contributed by atoms with E-state index in [2.05, 4.69) is 35.1 Å². The second kappa shape index (κ2) is 13.6. The number of thiophene rings is 1. The third kappa shape index (κ3) is 8.68. The van der Waals surface area contributed by atoms with Crippen LogP contribution in [-0.4, -0.2) is 52.2 Å². The fraction of sp³-hybridized carbons (Fsp3) is 0.429. The van der Waals surface area contributed by atoms with Gasteiger partial charge in [-0.3, -0.25) is 4.79 Å². The molecule has 232 valence electrons. The van der Waals surface area contributed by atoms with Gasteiger partial charge < -0.3 is 14.5 Å². The number of alkyl halides is 3. The third-order valence-corrected chi connectivity index (χ3v) is 9.73. The van der Waals surface area contributed by atoms with Crippen molar-refractivity contribution >= 4 is 31.0 Å². The molecule has 1 aromatic carbocycles. The number of aromatic amines is 1. The van der Waals surface area contributed by atoms with Gasteiger partial charge >= 0.3 is 11.9 Å². The van der Waals surface area contributed by atoms with E-state index in [4.69, 9.17) is 21.1 Å². The number of nitrogens with zero attached hydrogens (tertiary/aromatic N) is 4. The molecule has 0 unspecified atom stereocenters. The minimum absolute atomic E-state index is 0.00680. The fourth-order valence-corrected chi connectivity index (χ4v) is 6.09. The van der Waals surface area contributed by atoms with E-state index in [9.17, 15) is 22.8 Å². The lowest BCUT2D eigenvalue weighted by molar-refractivity contribution is -0.136. The average Bonchev–Trinajstić information content (AvgIpc) is 3.54. The maximum atomic E-state index is 13.6. The van der Waals surface area contributed by atoms with Gasteiger partial charge in [-0.2, -0.15) is 22.5 Å². The van der Waals surface area contributed by atoms with Gasteiger partial charge in [0.15, 0.2) is 0 Å². The van der Waals surface area contributed by atoms with Crippen LogP contribution >= 0.6 is 22.9 Å². The molecule has 15 heteroatoms. The molecule has 0 aliphatic carbocycles. The maximum Gasteiger partial charge on any atom is 0.389 e. The predicted octanol–water partition coefficient (Wildman–Crippen LogP) is 6.76. The number of benzene rings is 1. The third-order valence-electron chi connectivity index (χ3n) is 6.45. The van der Waals surface area contributed by atoms with Crippen LogP contribution in [0.25, 0.3) is 27.4 Å². The van der Waals surface area contributed by atoms with E-state index in [1.165, 1.54) is 17.4 Å². The lowest BCUT2D eigenvalue weighted by Crippen LogP contribution is -2.30. The van der Waals surface area contributed by atoms with Crippen LogP contribution in [0, 0.1) is 0 Å². The van der Waals surface area contributed by atoms with E-state index >= 15 is 0 Å². The van der Waals surface area contributed by atoms with Crippen LogP contribution in [-0.2, 0) is 17.9 Å². The Balaban J connectivity index is 1.67. The van der Waals surface area contributed by atoms with Gasteiger partial charge in [0.2, 0.25) is 0 Å². The molecule has 0 amide bonds. The standard InChI is InChI=1S/C28H33ClF3N5O4SSi/c1-5-19-8-10-24(42-19)21-16-23(20-9-7-18(15-22(20)29)41-12-6-11-28(30,31)32)33-26(38)25(21)37-27(39)36(34-35-37)17-40-13-14-43(2,3)4/h7-10,15-16H,5-6,11-14,17H2,1-4H3,(H,33,38). The summed E-state index contributed by atoms with van der Waals surface area (Å²) in [4.78, 5) is 31.4. The first-order valence-corrected chi connectivity index (χ1v) is 18.6. The Bertz CT molecular complexity index is 1680. The van der Waals surface area contributed by atoms with Crippen molar-refractivity contribution in [2.75, 3.05) is 13.2 Å². The highest BCUT2D eigenvalue weighted by Crippen LogP contribution is 2.36. The number of hydrogen-bond donors (Lipinski definition) is 1. The number of ether oxygens (including phenoxy) is 2. The first kappa shape index (κ1) is 32.7. The summed E-state index contributed by atoms with van der Waals surface area (Å²) < 4.78 is 50.4. The highest BCUT2D eigenvalue weighted by molar-refractivity contribution is 7.15. The van der Waals surface area contributed by atoms with E-state index < -0.39 is 31.9 Å². The molecule has 0 saturated heterocycles. The molecule has 0 atom stereocenters. The summed E-state index contributed by atoms with van der Waals surface area (Å²) in [7, 11) is -1.32. The zero-order chi connectivity index (χ0) is 31.4. The average molecular weight is 656 g/mol. The van der Waals surface area contributed by atoms with Crippen LogP contribution < -0.4 is 16.0 Å². The summed E-state index contributed by atoms with van der Waals surface area (Å²) >= 11 is 8.01. The second-order valence-corrected chi connectivity index (χ2v) is 18.3. The summed E-state index contributed by atoms with van der Waals surface area (Å²) in [5.41, 5.74) is 0.0986. The first-order chi connectivity index (χ1) is 20.3. The lowest BCUT2D eigenvalue weighted by atomic mass is 10.1. The number of aromatic nitrogens is 5. The summed E-state index contributed by atoms with van der Waals surface area (Å²) in [5, 5.41) is 8.14. The van der Waals surface area contributed by atoms with Gasteiger partial charge in [-0.15, -0.1) is 11.3 Å². The van der Waals surface area contributed by atoms with Crippen LogP contribution in [0.3, 0.4) is 0 Å². The number of tetrazole rings is 1. The molecule has 9 nitrogen and oxygen atoms in total. The van der Waals surface area contributed by atoms with E-state index in [1.807, 2.05) is 19.1 Å². The normalized spacial score (nSPS) is 12.2. The van der Waals surface area contributed by atoms with Gasteiger partial charge in [0, 0.05) is 42.0 Å². The Labute approximate surface area is 256 Å². The van der Waals surface area contributed by atoms with Crippen LogP contribution in [0.15, 0.2) is 46.0 Å². The van der Waals surface area contributed by atoms with E-state index in [0.717, 1.165) is 31.6 Å². The van der Waals surface area contributed by atoms with Crippen molar-refractivity contribution in [3.8, 4) is 33.1 Å². The Kier molecular flexibility index (Phi) is 10.4.